The van der Waals surface area contributed by atoms with Crippen LogP contribution in [0.3, 0.4) is 0 Å². The zero-order valence-corrected chi connectivity index (χ0v) is 13.7. The van der Waals surface area contributed by atoms with Gasteiger partial charge in [-0.25, -0.2) is 6.57 Å². The maximum Gasteiger partial charge on any atom is 0.303 e. The van der Waals surface area contributed by atoms with Gasteiger partial charge in [-0.1, -0.05) is 15.9 Å². The Labute approximate surface area is 133 Å². The van der Waals surface area contributed by atoms with E-state index in [1.54, 1.807) is 0 Å². The van der Waals surface area contributed by atoms with E-state index in [0.29, 0.717) is 6.54 Å². The highest BCUT2D eigenvalue weighted by atomic mass is 79.9. The Bertz CT molecular complexity index is 465. The van der Waals surface area contributed by atoms with Crippen molar-refractivity contribution in [1.29, 1.82) is 0 Å². The molecule has 3 aliphatic rings. The van der Waals surface area contributed by atoms with Crippen LogP contribution in [0.2, 0.25) is 0 Å². The molecule has 0 amide bonds. The minimum atomic E-state index is -0.269. The van der Waals surface area contributed by atoms with E-state index in [1.807, 2.05) is 0 Å². The molecule has 2 saturated heterocycles. The van der Waals surface area contributed by atoms with E-state index >= 15 is 0 Å². The normalized spacial score (nSPS) is 44.7. The number of rotatable bonds is 3. The number of esters is 1. The van der Waals surface area contributed by atoms with Crippen LogP contribution in [0.25, 0.3) is 4.85 Å². The molecule has 0 N–H and O–H groups in total. The summed E-state index contributed by atoms with van der Waals surface area (Å²) in [5.74, 6) is -0.269. The number of carbonyl (C=O) groups excluding carboxylic acids is 1. The van der Waals surface area contributed by atoms with Gasteiger partial charge in [-0.15, -0.1) is 0 Å². The maximum absolute atomic E-state index is 11.3. The summed E-state index contributed by atoms with van der Waals surface area (Å²) in [6.07, 6.45) is 4.21. The number of halogens is 1. The second-order valence-electron chi connectivity index (χ2n) is 6.21. The summed E-state index contributed by atoms with van der Waals surface area (Å²) < 4.78 is 17.9. The molecule has 5 nitrogen and oxygen atoms in total. The first kappa shape index (κ1) is 15.3. The fourth-order valence-corrected chi connectivity index (χ4v) is 4.92. The van der Waals surface area contributed by atoms with Gasteiger partial charge < -0.3 is 19.1 Å². The summed E-state index contributed by atoms with van der Waals surface area (Å²) in [4.78, 5) is 14.7. The molecule has 116 valence electrons. The highest BCUT2D eigenvalue weighted by molar-refractivity contribution is 9.09. The van der Waals surface area contributed by atoms with E-state index in [1.165, 1.54) is 6.92 Å². The lowest BCUT2D eigenvalue weighted by Crippen LogP contribution is -2.53. The molecule has 0 aromatic carbocycles. The lowest BCUT2D eigenvalue weighted by molar-refractivity contribution is -0.165. The zero-order chi connectivity index (χ0) is 15.0. The Morgan fingerprint density at radius 1 is 1.48 bits per heavy atom. The number of hydrogen-bond donors (Lipinski definition) is 0. The monoisotopic (exact) mass is 357 g/mol. The smallest absolute Gasteiger partial charge is 0.303 e. The molecule has 2 bridgehead atoms. The molecule has 1 saturated carbocycles. The minimum absolute atomic E-state index is 0.0600. The van der Waals surface area contributed by atoms with E-state index in [0.717, 1.165) is 32.1 Å². The zero-order valence-electron chi connectivity index (χ0n) is 12.1. The van der Waals surface area contributed by atoms with Gasteiger partial charge in [-0.2, -0.15) is 0 Å². The molecule has 3 rings (SSSR count). The SMILES string of the molecule is [C-]#[N+]CC[C@H]1CC[C@@H]2O[C@@H]3C[C@]2(C[C@H](Br)[C@H]3OC(C)=O)O1. The molecule has 2 heterocycles. The van der Waals surface area contributed by atoms with E-state index in [4.69, 9.17) is 20.8 Å². The van der Waals surface area contributed by atoms with Crippen LogP contribution in [-0.4, -0.2) is 47.4 Å². The number of hydrogen-bond acceptors (Lipinski definition) is 4. The van der Waals surface area contributed by atoms with Gasteiger partial charge in [0.25, 0.3) is 0 Å². The van der Waals surface area contributed by atoms with E-state index in [9.17, 15) is 4.79 Å². The van der Waals surface area contributed by atoms with Gasteiger partial charge >= 0.3 is 5.97 Å². The lowest BCUT2D eigenvalue weighted by Gasteiger charge is -2.44. The highest BCUT2D eigenvalue weighted by Gasteiger charge is 2.60. The molecule has 1 aliphatic carbocycles. The van der Waals surface area contributed by atoms with Crippen LogP contribution < -0.4 is 0 Å². The first-order chi connectivity index (χ1) is 10.0. The number of fused-ring (bicyclic) bond motifs is 1. The fraction of sp³-hybridized carbons (Fsp3) is 0.867. The summed E-state index contributed by atoms with van der Waals surface area (Å²) in [5, 5.41) is 0. The van der Waals surface area contributed by atoms with Crippen LogP contribution in [-0.2, 0) is 19.0 Å². The third kappa shape index (κ3) is 2.84. The Kier molecular flexibility index (Phi) is 4.26. The van der Waals surface area contributed by atoms with Crippen molar-refractivity contribution in [1.82, 2.24) is 0 Å². The standard InChI is InChI=1S/C15H20BrNO4/c1-9(18)19-14-11(16)7-15-8-12(14)20-13(15)4-3-10(21-15)5-6-17-2/h10-14H,3-8H2,1H3/t10-,11+,12-,13+,14-,15+/m1/s1. The molecule has 0 radical (unpaired) electrons. The van der Waals surface area contributed by atoms with Crippen LogP contribution in [0.15, 0.2) is 0 Å². The van der Waals surface area contributed by atoms with Crippen molar-refractivity contribution in [2.24, 2.45) is 0 Å². The molecular weight excluding hydrogens is 338 g/mol. The average molecular weight is 358 g/mol. The molecule has 21 heavy (non-hydrogen) atoms. The Morgan fingerprint density at radius 2 is 2.29 bits per heavy atom. The Morgan fingerprint density at radius 3 is 3.00 bits per heavy atom. The van der Waals surface area contributed by atoms with Gasteiger partial charge in [0.05, 0.1) is 28.7 Å². The molecule has 0 unspecified atom stereocenters. The van der Waals surface area contributed by atoms with Crippen molar-refractivity contribution in [2.45, 2.75) is 73.9 Å². The van der Waals surface area contributed by atoms with Crippen LogP contribution in [0, 0.1) is 6.57 Å². The van der Waals surface area contributed by atoms with E-state index < -0.39 is 0 Å². The van der Waals surface area contributed by atoms with Crippen molar-refractivity contribution in [3.63, 3.8) is 0 Å². The maximum atomic E-state index is 11.3. The molecular formula is C15H20BrNO4. The van der Waals surface area contributed by atoms with Crippen LogP contribution in [0.1, 0.15) is 39.0 Å². The van der Waals surface area contributed by atoms with Gasteiger partial charge in [-0.3, -0.25) is 4.79 Å². The Balaban J connectivity index is 1.72. The molecule has 6 atom stereocenters. The summed E-state index contributed by atoms with van der Waals surface area (Å²) in [6, 6.07) is 0. The summed E-state index contributed by atoms with van der Waals surface area (Å²) in [6.45, 7) is 8.87. The van der Waals surface area contributed by atoms with Gasteiger partial charge in [0.15, 0.2) is 0 Å². The number of ether oxygens (including phenoxy) is 3. The quantitative estimate of drug-likeness (QED) is 0.442. The first-order valence-electron chi connectivity index (χ1n) is 7.52. The summed E-state index contributed by atoms with van der Waals surface area (Å²) in [7, 11) is 0. The van der Waals surface area contributed by atoms with Crippen molar-refractivity contribution < 1.29 is 19.0 Å². The second-order valence-corrected chi connectivity index (χ2v) is 7.39. The number of nitrogens with zero attached hydrogens (tertiary/aromatic N) is 1. The van der Waals surface area contributed by atoms with E-state index in [2.05, 4.69) is 20.8 Å². The van der Waals surface area contributed by atoms with Gasteiger partial charge in [0, 0.05) is 19.8 Å². The predicted octanol–water partition coefficient (Wildman–Crippen LogP) is 2.47. The molecule has 6 heteroatoms. The topological polar surface area (TPSA) is 49.1 Å². The van der Waals surface area contributed by atoms with Crippen molar-refractivity contribution in [3.8, 4) is 0 Å². The van der Waals surface area contributed by atoms with Crippen molar-refractivity contribution in [3.05, 3.63) is 11.4 Å². The van der Waals surface area contributed by atoms with Crippen LogP contribution >= 0.6 is 15.9 Å². The summed E-state index contributed by atoms with van der Waals surface area (Å²) >= 11 is 3.65. The van der Waals surface area contributed by atoms with Gasteiger partial charge in [-0.05, 0) is 19.3 Å². The molecule has 2 aliphatic heterocycles. The van der Waals surface area contributed by atoms with Crippen molar-refractivity contribution in [2.75, 3.05) is 6.54 Å². The molecule has 3 fully saturated rings. The number of alkyl halides is 1. The Hall–Kier alpha value is -0.640. The average Bonchev–Trinajstić information content (AvgIpc) is 2.74. The lowest BCUT2D eigenvalue weighted by atomic mass is 9.77. The third-order valence-electron chi connectivity index (χ3n) is 4.75. The predicted molar refractivity (Wildman–Crippen MR) is 79.1 cm³/mol. The van der Waals surface area contributed by atoms with Gasteiger partial charge in [0.2, 0.25) is 6.54 Å². The summed E-state index contributed by atoms with van der Waals surface area (Å²) in [5.41, 5.74) is -0.263. The second kappa shape index (κ2) is 5.86. The fourth-order valence-electron chi connectivity index (χ4n) is 3.93. The molecule has 1 spiro atoms. The van der Waals surface area contributed by atoms with Crippen LogP contribution in [0.5, 0.6) is 0 Å². The first-order valence-corrected chi connectivity index (χ1v) is 8.43. The van der Waals surface area contributed by atoms with Crippen molar-refractivity contribution >= 4 is 21.9 Å². The van der Waals surface area contributed by atoms with E-state index in [-0.39, 0.29) is 40.8 Å². The highest BCUT2D eigenvalue weighted by Crippen LogP contribution is 2.51. The number of carbonyl (C=O) groups is 1. The minimum Gasteiger partial charge on any atom is -0.459 e. The van der Waals surface area contributed by atoms with Gasteiger partial charge in [0.1, 0.15) is 6.10 Å². The third-order valence-corrected chi connectivity index (χ3v) is 5.60. The van der Waals surface area contributed by atoms with Crippen LogP contribution in [0.4, 0.5) is 0 Å². The largest absolute Gasteiger partial charge is 0.459 e. The molecule has 0 aromatic rings. The molecule has 0 aromatic heterocycles.